The Morgan fingerprint density at radius 1 is 1.43 bits per heavy atom. The van der Waals surface area contributed by atoms with E-state index < -0.39 is 0 Å². The highest BCUT2D eigenvalue weighted by atomic mass is 16.2. The van der Waals surface area contributed by atoms with Crippen molar-refractivity contribution < 1.29 is 4.79 Å². The number of hydrogen-bond donors (Lipinski definition) is 2. The average molecular weight is 194 g/mol. The third-order valence-electron chi connectivity index (χ3n) is 2.38. The summed E-state index contributed by atoms with van der Waals surface area (Å²) in [5, 5.41) is 8.32. The number of carbonyl (C=O) groups is 1. The molecule has 76 valence electrons. The van der Waals surface area contributed by atoms with Gasteiger partial charge in [-0.05, 0) is 12.8 Å². The molecule has 1 saturated heterocycles. The second-order valence-electron chi connectivity index (χ2n) is 3.48. The molecule has 1 aliphatic rings. The Kier molecular flexibility index (Phi) is 2.78. The Bertz CT molecular complexity index is 290. The number of hydrogen-bond acceptors (Lipinski definition) is 3. The van der Waals surface area contributed by atoms with Crippen LogP contribution in [0, 0.1) is 0 Å². The summed E-state index contributed by atoms with van der Waals surface area (Å²) in [6.07, 6.45) is 6.70. The first-order chi connectivity index (χ1) is 6.86. The van der Waals surface area contributed by atoms with Crippen LogP contribution in [0.25, 0.3) is 0 Å². The second kappa shape index (κ2) is 4.23. The molecule has 0 unspecified atom stereocenters. The molecule has 5 nitrogen and oxygen atoms in total. The van der Waals surface area contributed by atoms with Gasteiger partial charge in [-0.1, -0.05) is 6.42 Å². The van der Waals surface area contributed by atoms with Crippen LogP contribution in [0.4, 0.5) is 0 Å². The molecular weight excluding hydrogens is 180 g/mol. The quantitative estimate of drug-likeness (QED) is 0.722. The first kappa shape index (κ1) is 9.21. The highest BCUT2D eigenvalue weighted by Crippen LogP contribution is 2.06. The zero-order valence-corrected chi connectivity index (χ0v) is 7.99. The molecule has 0 spiro atoms. The Hall–Kier alpha value is -1.36. The lowest BCUT2D eigenvalue weighted by Gasteiger charge is -2.26. The first-order valence-electron chi connectivity index (χ1n) is 4.91. The number of nitrogens with one attached hydrogen (secondary N) is 2. The Morgan fingerprint density at radius 2 is 2.21 bits per heavy atom. The number of amides is 1. The second-order valence-corrected chi connectivity index (χ2v) is 3.48. The summed E-state index contributed by atoms with van der Waals surface area (Å²) in [7, 11) is 0. The first-order valence-corrected chi connectivity index (χ1v) is 4.91. The van der Waals surface area contributed by atoms with Gasteiger partial charge in [0.1, 0.15) is 0 Å². The van der Waals surface area contributed by atoms with Crippen molar-refractivity contribution in [3.8, 4) is 0 Å². The molecule has 0 saturated carbocycles. The van der Waals surface area contributed by atoms with Crippen LogP contribution in [0.5, 0.6) is 0 Å². The van der Waals surface area contributed by atoms with E-state index in [4.69, 9.17) is 0 Å². The highest BCUT2D eigenvalue weighted by molar-refractivity contribution is 5.93. The minimum absolute atomic E-state index is 0.0827. The van der Waals surface area contributed by atoms with Crippen LogP contribution in [0.3, 0.4) is 0 Å². The van der Waals surface area contributed by atoms with Gasteiger partial charge in [-0.3, -0.25) is 15.3 Å². The van der Waals surface area contributed by atoms with Gasteiger partial charge in [0.05, 0.1) is 11.8 Å². The highest BCUT2D eigenvalue weighted by Gasteiger charge is 2.14. The van der Waals surface area contributed by atoms with E-state index in [9.17, 15) is 4.79 Å². The molecule has 1 fully saturated rings. The van der Waals surface area contributed by atoms with Crippen LogP contribution >= 0.6 is 0 Å². The molecule has 0 aromatic carbocycles. The molecule has 14 heavy (non-hydrogen) atoms. The van der Waals surface area contributed by atoms with E-state index in [1.54, 1.807) is 6.20 Å². The lowest BCUT2D eigenvalue weighted by atomic mass is 10.2. The van der Waals surface area contributed by atoms with Crippen molar-refractivity contribution in [1.29, 1.82) is 0 Å². The Labute approximate surface area is 82.5 Å². The van der Waals surface area contributed by atoms with Gasteiger partial charge in [0.2, 0.25) is 0 Å². The monoisotopic (exact) mass is 194 g/mol. The van der Waals surface area contributed by atoms with Crippen molar-refractivity contribution in [2.24, 2.45) is 0 Å². The number of aromatic nitrogens is 2. The van der Waals surface area contributed by atoms with Gasteiger partial charge in [0.25, 0.3) is 5.91 Å². The molecule has 0 radical (unpaired) electrons. The Morgan fingerprint density at radius 3 is 2.86 bits per heavy atom. The smallest absolute Gasteiger partial charge is 0.268 e. The standard InChI is InChI=1S/C9H14N4O/c14-9(8-6-10-11-7-8)12-13-4-2-1-3-5-13/h6-7H,1-5H2,(H,10,11)(H,12,14). The van der Waals surface area contributed by atoms with E-state index in [1.807, 2.05) is 5.01 Å². The van der Waals surface area contributed by atoms with Gasteiger partial charge < -0.3 is 0 Å². The number of aromatic amines is 1. The number of H-pyrrole nitrogens is 1. The predicted octanol–water partition coefficient (Wildman–Crippen LogP) is 0.540. The van der Waals surface area contributed by atoms with E-state index >= 15 is 0 Å². The molecule has 1 aliphatic heterocycles. The summed E-state index contributed by atoms with van der Waals surface area (Å²) < 4.78 is 0. The number of rotatable bonds is 2. The third kappa shape index (κ3) is 2.11. The molecule has 0 bridgehead atoms. The summed E-state index contributed by atoms with van der Waals surface area (Å²) in [6.45, 7) is 1.90. The molecule has 2 heterocycles. The fourth-order valence-corrected chi connectivity index (χ4v) is 1.59. The maximum absolute atomic E-state index is 11.6. The summed E-state index contributed by atoms with van der Waals surface area (Å²) in [4.78, 5) is 11.6. The largest absolute Gasteiger partial charge is 0.285 e. The maximum Gasteiger partial charge on any atom is 0.268 e. The topological polar surface area (TPSA) is 61.0 Å². The molecule has 5 heteroatoms. The van der Waals surface area contributed by atoms with Crippen LogP contribution in [0.15, 0.2) is 12.4 Å². The van der Waals surface area contributed by atoms with E-state index in [0.29, 0.717) is 5.56 Å². The van der Waals surface area contributed by atoms with Crippen molar-refractivity contribution in [2.45, 2.75) is 19.3 Å². The van der Waals surface area contributed by atoms with Crippen LogP contribution in [0.2, 0.25) is 0 Å². The summed E-state index contributed by atoms with van der Waals surface area (Å²) in [6, 6.07) is 0. The molecule has 2 rings (SSSR count). The van der Waals surface area contributed by atoms with Crippen molar-refractivity contribution in [3.05, 3.63) is 18.0 Å². The summed E-state index contributed by atoms with van der Waals surface area (Å²) in [5.74, 6) is -0.0827. The van der Waals surface area contributed by atoms with Gasteiger partial charge in [0, 0.05) is 19.3 Å². The third-order valence-corrected chi connectivity index (χ3v) is 2.38. The molecule has 2 N–H and O–H groups in total. The Balaban J connectivity index is 1.87. The van der Waals surface area contributed by atoms with E-state index in [0.717, 1.165) is 25.9 Å². The van der Waals surface area contributed by atoms with Crippen molar-refractivity contribution in [3.63, 3.8) is 0 Å². The SMILES string of the molecule is O=C(NN1CCCCC1)c1cn[nH]c1. The minimum Gasteiger partial charge on any atom is -0.285 e. The molecule has 0 aliphatic carbocycles. The van der Waals surface area contributed by atoms with Crippen molar-refractivity contribution in [2.75, 3.05) is 13.1 Å². The summed E-state index contributed by atoms with van der Waals surface area (Å²) >= 11 is 0. The molecule has 1 amide bonds. The average Bonchev–Trinajstić information content (AvgIpc) is 2.72. The fraction of sp³-hybridized carbons (Fsp3) is 0.556. The zero-order chi connectivity index (χ0) is 9.80. The number of nitrogens with zero attached hydrogens (tertiary/aromatic N) is 2. The normalized spacial score (nSPS) is 18.0. The number of carbonyl (C=O) groups excluding carboxylic acids is 1. The predicted molar refractivity (Wildman–Crippen MR) is 51.5 cm³/mol. The van der Waals surface area contributed by atoms with E-state index in [-0.39, 0.29) is 5.91 Å². The minimum atomic E-state index is -0.0827. The zero-order valence-electron chi connectivity index (χ0n) is 7.99. The number of piperidine rings is 1. The van der Waals surface area contributed by atoms with E-state index in [1.165, 1.54) is 12.6 Å². The van der Waals surface area contributed by atoms with Gasteiger partial charge in [-0.25, -0.2) is 5.01 Å². The lowest BCUT2D eigenvalue weighted by Crippen LogP contribution is -2.44. The molecular formula is C9H14N4O. The van der Waals surface area contributed by atoms with Crippen molar-refractivity contribution in [1.82, 2.24) is 20.6 Å². The molecule has 1 aromatic heterocycles. The fourth-order valence-electron chi connectivity index (χ4n) is 1.59. The van der Waals surface area contributed by atoms with Crippen LogP contribution in [0.1, 0.15) is 29.6 Å². The van der Waals surface area contributed by atoms with Crippen LogP contribution < -0.4 is 5.43 Å². The van der Waals surface area contributed by atoms with Crippen LogP contribution in [-0.2, 0) is 0 Å². The van der Waals surface area contributed by atoms with Gasteiger partial charge in [-0.15, -0.1) is 0 Å². The van der Waals surface area contributed by atoms with Gasteiger partial charge >= 0.3 is 0 Å². The van der Waals surface area contributed by atoms with Gasteiger partial charge in [0.15, 0.2) is 0 Å². The van der Waals surface area contributed by atoms with Gasteiger partial charge in [-0.2, -0.15) is 5.10 Å². The van der Waals surface area contributed by atoms with Crippen molar-refractivity contribution >= 4 is 5.91 Å². The van der Waals surface area contributed by atoms with Crippen LogP contribution in [-0.4, -0.2) is 34.2 Å². The molecule has 0 atom stereocenters. The summed E-state index contributed by atoms with van der Waals surface area (Å²) in [5.41, 5.74) is 3.43. The lowest BCUT2D eigenvalue weighted by molar-refractivity contribution is 0.0750. The number of hydrazine groups is 1. The maximum atomic E-state index is 11.6. The molecule has 1 aromatic rings. The van der Waals surface area contributed by atoms with E-state index in [2.05, 4.69) is 15.6 Å².